The summed E-state index contributed by atoms with van der Waals surface area (Å²) in [7, 11) is 0. The van der Waals surface area contributed by atoms with E-state index in [1.807, 2.05) is 0 Å². The van der Waals surface area contributed by atoms with Crippen molar-refractivity contribution in [2.24, 2.45) is 0 Å². The van der Waals surface area contributed by atoms with E-state index in [1.54, 1.807) is 6.07 Å². The monoisotopic (exact) mass is 175 g/mol. The van der Waals surface area contributed by atoms with Gasteiger partial charge < -0.3 is 0 Å². The Morgan fingerprint density at radius 2 is 2.15 bits per heavy atom. The summed E-state index contributed by atoms with van der Waals surface area (Å²) in [6, 6.07) is 2.89. The summed E-state index contributed by atoms with van der Waals surface area (Å²) >= 11 is 0. The molecule has 0 bridgehead atoms. The first-order chi connectivity index (χ1) is 6.24. The minimum Gasteiger partial charge on any atom is -0.268 e. The van der Waals surface area contributed by atoms with Crippen LogP contribution in [0.15, 0.2) is 15.7 Å². The molecule has 5 heteroatoms. The van der Waals surface area contributed by atoms with Crippen molar-refractivity contribution < 1.29 is 0 Å². The quantitative estimate of drug-likeness (QED) is 0.512. The van der Waals surface area contributed by atoms with Crippen molar-refractivity contribution >= 4 is 0 Å². The molecule has 0 saturated heterocycles. The highest BCUT2D eigenvalue weighted by molar-refractivity contribution is 5.30. The van der Waals surface area contributed by atoms with Gasteiger partial charge in [-0.1, -0.05) is 11.8 Å². The smallest absolute Gasteiger partial charge is 0.268 e. The molecule has 0 spiro atoms. The molecule has 64 valence electrons. The number of rotatable bonds is 0. The predicted octanol–water partition coefficient (Wildman–Crippen LogP) is -0.672. The summed E-state index contributed by atoms with van der Waals surface area (Å²) in [4.78, 5) is 21.7. The van der Waals surface area contributed by atoms with E-state index in [9.17, 15) is 9.59 Å². The first kappa shape index (κ1) is 8.82. The summed E-state index contributed by atoms with van der Waals surface area (Å²) < 4.78 is 0. The van der Waals surface area contributed by atoms with Gasteiger partial charge in [-0.2, -0.15) is 5.26 Å². The molecule has 0 saturated carbocycles. The molecular weight excluding hydrogens is 170 g/mol. The highest BCUT2D eigenvalue weighted by atomic mass is 16.1. The van der Waals surface area contributed by atoms with Crippen molar-refractivity contribution in [1.82, 2.24) is 10.2 Å². The zero-order valence-electron chi connectivity index (χ0n) is 6.55. The molecule has 1 heterocycles. The average Bonchev–Trinajstić information content (AvgIpc) is 2.11. The van der Waals surface area contributed by atoms with Crippen LogP contribution in [0.5, 0.6) is 0 Å². The van der Waals surface area contributed by atoms with Gasteiger partial charge in [0.1, 0.15) is 0 Å². The summed E-state index contributed by atoms with van der Waals surface area (Å²) in [5.41, 5.74) is -0.829. The second-order valence-corrected chi connectivity index (χ2v) is 2.14. The Morgan fingerprint density at radius 1 is 1.38 bits per heavy atom. The Labute approximate surface area is 73.0 Å². The number of H-pyrrole nitrogens is 2. The van der Waals surface area contributed by atoms with Gasteiger partial charge in [-0.25, -0.2) is 0 Å². The van der Waals surface area contributed by atoms with Crippen LogP contribution >= 0.6 is 0 Å². The summed E-state index contributed by atoms with van der Waals surface area (Å²) in [5, 5.41) is 12.4. The predicted molar refractivity (Wildman–Crippen MR) is 44.8 cm³/mol. The van der Waals surface area contributed by atoms with Crippen LogP contribution in [-0.2, 0) is 0 Å². The molecule has 1 rings (SSSR count). The third kappa shape index (κ3) is 2.35. The van der Waals surface area contributed by atoms with Crippen LogP contribution < -0.4 is 11.1 Å². The van der Waals surface area contributed by atoms with E-state index < -0.39 is 11.1 Å². The van der Waals surface area contributed by atoms with Gasteiger partial charge in [0.05, 0.1) is 18.1 Å². The lowest BCUT2D eigenvalue weighted by Gasteiger charge is -1.85. The van der Waals surface area contributed by atoms with E-state index in [2.05, 4.69) is 22.0 Å². The maximum absolute atomic E-state index is 11.0. The minimum absolute atomic E-state index is 0.0340. The molecule has 0 aliphatic heterocycles. The standard InChI is InChI=1S/C8H5N3O2/c9-4-2-1-3-6-5-7(12)10-11-8(6)13/h5H,2H2,(H,10,12)(H,11,13). The first-order valence-electron chi connectivity index (χ1n) is 3.42. The number of nitrogens with one attached hydrogen (secondary N) is 2. The van der Waals surface area contributed by atoms with Crippen LogP contribution in [0.4, 0.5) is 0 Å². The van der Waals surface area contributed by atoms with Gasteiger partial charge in [-0.3, -0.25) is 19.8 Å². The normalized spacial score (nSPS) is 8.23. The third-order valence-electron chi connectivity index (χ3n) is 1.21. The van der Waals surface area contributed by atoms with E-state index in [1.165, 1.54) is 0 Å². The van der Waals surface area contributed by atoms with Crippen LogP contribution in [0, 0.1) is 23.2 Å². The van der Waals surface area contributed by atoms with Gasteiger partial charge in [0.25, 0.3) is 11.1 Å². The van der Waals surface area contributed by atoms with Crippen molar-refractivity contribution in [2.75, 3.05) is 0 Å². The molecule has 0 amide bonds. The Balaban J connectivity index is 3.12. The van der Waals surface area contributed by atoms with Gasteiger partial charge >= 0.3 is 0 Å². The molecule has 0 aromatic carbocycles. The lowest BCUT2D eigenvalue weighted by Crippen LogP contribution is -2.19. The molecule has 0 atom stereocenters. The Hall–Kier alpha value is -2.27. The Bertz CT molecular complexity index is 507. The van der Waals surface area contributed by atoms with Crippen LogP contribution in [0.25, 0.3) is 0 Å². The number of aromatic nitrogens is 2. The molecule has 1 aromatic rings. The highest BCUT2D eigenvalue weighted by Crippen LogP contribution is 1.79. The third-order valence-corrected chi connectivity index (χ3v) is 1.21. The first-order valence-corrected chi connectivity index (χ1v) is 3.42. The molecule has 0 radical (unpaired) electrons. The molecular formula is C8H5N3O2. The molecule has 0 fully saturated rings. The maximum atomic E-state index is 11.0. The van der Waals surface area contributed by atoms with E-state index in [-0.39, 0.29) is 12.0 Å². The fourth-order valence-electron chi connectivity index (χ4n) is 0.690. The number of aromatic amines is 2. The van der Waals surface area contributed by atoms with Crippen molar-refractivity contribution in [3.63, 3.8) is 0 Å². The molecule has 0 unspecified atom stereocenters. The van der Waals surface area contributed by atoms with Crippen molar-refractivity contribution in [3.8, 4) is 17.9 Å². The maximum Gasteiger partial charge on any atom is 0.278 e. The van der Waals surface area contributed by atoms with Crippen LogP contribution in [-0.4, -0.2) is 10.2 Å². The van der Waals surface area contributed by atoms with Gasteiger partial charge in [0.15, 0.2) is 0 Å². The van der Waals surface area contributed by atoms with Gasteiger partial charge in [0.2, 0.25) is 0 Å². The number of nitrogens with zero attached hydrogens (tertiary/aromatic N) is 1. The zero-order chi connectivity index (χ0) is 9.68. The van der Waals surface area contributed by atoms with E-state index in [0.717, 1.165) is 6.07 Å². The summed E-state index contributed by atoms with van der Waals surface area (Å²) in [6.45, 7) is 0. The zero-order valence-corrected chi connectivity index (χ0v) is 6.55. The van der Waals surface area contributed by atoms with E-state index in [0.29, 0.717) is 0 Å². The topological polar surface area (TPSA) is 89.5 Å². The molecule has 2 N–H and O–H groups in total. The Kier molecular flexibility index (Phi) is 2.67. The SMILES string of the molecule is N#CCC#Cc1cc(=O)[nH][nH]c1=O. The number of hydrogen-bond donors (Lipinski definition) is 2. The van der Waals surface area contributed by atoms with Crippen LogP contribution in [0.2, 0.25) is 0 Å². The van der Waals surface area contributed by atoms with Gasteiger partial charge in [0, 0.05) is 6.07 Å². The lowest BCUT2D eigenvalue weighted by atomic mass is 10.3. The molecule has 13 heavy (non-hydrogen) atoms. The molecule has 5 nitrogen and oxygen atoms in total. The van der Waals surface area contributed by atoms with Gasteiger partial charge in [-0.05, 0) is 0 Å². The fraction of sp³-hybridized carbons (Fsp3) is 0.125. The number of hydrogen-bond acceptors (Lipinski definition) is 3. The van der Waals surface area contributed by atoms with Crippen LogP contribution in [0.1, 0.15) is 12.0 Å². The van der Waals surface area contributed by atoms with Crippen molar-refractivity contribution in [1.29, 1.82) is 5.26 Å². The second kappa shape index (κ2) is 3.93. The van der Waals surface area contributed by atoms with Crippen molar-refractivity contribution in [3.05, 3.63) is 32.3 Å². The largest absolute Gasteiger partial charge is 0.278 e. The number of nitriles is 1. The molecule has 0 aliphatic carbocycles. The molecule has 1 aromatic heterocycles. The summed E-state index contributed by atoms with van der Waals surface area (Å²) in [6.07, 6.45) is 0.0340. The van der Waals surface area contributed by atoms with E-state index >= 15 is 0 Å². The Morgan fingerprint density at radius 3 is 2.85 bits per heavy atom. The average molecular weight is 175 g/mol. The van der Waals surface area contributed by atoms with Crippen LogP contribution in [0.3, 0.4) is 0 Å². The lowest BCUT2D eigenvalue weighted by molar-refractivity contribution is 0.946. The summed E-state index contributed by atoms with van der Waals surface area (Å²) in [5.74, 6) is 4.85. The fourth-order valence-corrected chi connectivity index (χ4v) is 0.690. The highest BCUT2D eigenvalue weighted by Gasteiger charge is 1.94. The molecule has 0 aliphatic rings. The van der Waals surface area contributed by atoms with Gasteiger partial charge in [-0.15, -0.1) is 0 Å². The minimum atomic E-state index is -0.468. The second-order valence-electron chi connectivity index (χ2n) is 2.14. The van der Waals surface area contributed by atoms with E-state index in [4.69, 9.17) is 5.26 Å². The van der Waals surface area contributed by atoms with Crippen molar-refractivity contribution in [2.45, 2.75) is 6.42 Å².